The fraction of sp³-hybridized carbons (Fsp3) is 0.625. The Labute approximate surface area is 65.8 Å². The molecule has 0 aliphatic carbocycles. The summed E-state index contributed by atoms with van der Waals surface area (Å²) in [6.45, 7) is 5.96. The van der Waals surface area contributed by atoms with Crippen LogP contribution in [-0.2, 0) is 0 Å². The molecule has 1 saturated heterocycles. The van der Waals surface area contributed by atoms with E-state index in [4.69, 9.17) is 4.42 Å². The zero-order chi connectivity index (χ0) is 7.84. The molecule has 0 saturated carbocycles. The van der Waals surface area contributed by atoms with Crippen molar-refractivity contribution in [2.24, 2.45) is 0 Å². The lowest BCUT2D eigenvalue weighted by Crippen LogP contribution is -2.40. The lowest BCUT2D eigenvalue weighted by Gasteiger charge is -2.23. The lowest BCUT2D eigenvalue weighted by molar-refractivity contribution is 0.350. The summed E-state index contributed by atoms with van der Waals surface area (Å²) in [6.07, 6.45) is 0. The van der Waals surface area contributed by atoms with Crippen molar-refractivity contribution < 1.29 is 4.42 Å². The van der Waals surface area contributed by atoms with Gasteiger partial charge in [-0.05, 0) is 13.8 Å². The van der Waals surface area contributed by atoms with E-state index in [2.05, 4.69) is 10.3 Å². The Morgan fingerprint density at radius 1 is 1.45 bits per heavy atom. The highest BCUT2D eigenvalue weighted by atomic mass is 16.4. The van der Waals surface area contributed by atoms with E-state index in [0.29, 0.717) is 5.92 Å². The van der Waals surface area contributed by atoms with Gasteiger partial charge in [0.1, 0.15) is 5.76 Å². The highest BCUT2D eigenvalue weighted by Gasteiger charge is 2.24. The summed E-state index contributed by atoms with van der Waals surface area (Å²) in [5, 5.41) is 3.19. The smallest absolute Gasteiger partial charge is 0.200 e. The standard InChI is InChI=1S/C8H12N2O/c1-5-6(2)11-8(10-5)7-3-9-4-7/h7,9H,3-4H2,1-2H3. The predicted octanol–water partition coefficient (Wildman–Crippen LogP) is 0.978. The molecule has 0 amide bonds. The van der Waals surface area contributed by atoms with Gasteiger partial charge in [-0.25, -0.2) is 4.98 Å². The Kier molecular flexibility index (Phi) is 1.46. The third kappa shape index (κ3) is 1.05. The van der Waals surface area contributed by atoms with Crippen LogP contribution in [0.1, 0.15) is 23.3 Å². The van der Waals surface area contributed by atoms with Crippen molar-refractivity contribution in [3.63, 3.8) is 0 Å². The maximum absolute atomic E-state index is 5.47. The normalized spacial score (nSPS) is 18.4. The molecule has 1 aromatic heterocycles. The molecule has 0 unspecified atom stereocenters. The Morgan fingerprint density at radius 3 is 2.55 bits per heavy atom. The number of hydrogen-bond donors (Lipinski definition) is 1. The van der Waals surface area contributed by atoms with Crippen LogP contribution >= 0.6 is 0 Å². The van der Waals surface area contributed by atoms with E-state index in [0.717, 1.165) is 30.4 Å². The average molecular weight is 152 g/mol. The maximum Gasteiger partial charge on any atom is 0.200 e. The van der Waals surface area contributed by atoms with E-state index in [9.17, 15) is 0 Å². The fourth-order valence-corrected chi connectivity index (χ4v) is 1.14. The SMILES string of the molecule is Cc1nc(C2CNC2)oc1C. The van der Waals surface area contributed by atoms with Crippen molar-refractivity contribution in [1.82, 2.24) is 10.3 Å². The molecule has 1 aliphatic heterocycles. The zero-order valence-electron chi connectivity index (χ0n) is 6.85. The third-order valence-corrected chi connectivity index (χ3v) is 2.18. The highest BCUT2D eigenvalue weighted by Crippen LogP contribution is 2.20. The van der Waals surface area contributed by atoms with Gasteiger partial charge in [0.2, 0.25) is 0 Å². The van der Waals surface area contributed by atoms with Crippen LogP contribution < -0.4 is 5.32 Å². The minimum absolute atomic E-state index is 0.516. The van der Waals surface area contributed by atoms with Crippen LogP contribution in [0.2, 0.25) is 0 Å². The summed E-state index contributed by atoms with van der Waals surface area (Å²) in [5.74, 6) is 2.37. The van der Waals surface area contributed by atoms with Crippen molar-refractivity contribution in [3.8, 4) is 0 Å². The van der Waals surface area contributed by atoms with Gasteiger partial charge < -0.3 is 9.73 Å². The summed E-state index contributed by atoms with van der Waals surface area (Å²) in [7, 11) is 0. The molecule has 0 radical (unpaired) electrons. The van der Waals surface area contributed by atoms with E-state index in [1.165, 1.54) is 0 Å². The minimum atomic E-state index is 0.516. The van der Waals surface area contributed by atoms with E-state index in [1.54, 1.807) is 0 Å². The Hall–Kier alpha value is -0.830. The van der Waals surface area contributed by atoms with Crippen LogP contribution in [0.5, 0.6) is 0 Å². The van der Waals surface area contributed by atoms with Crippen LogP contribution in [0, 0.1) is 13.8 Å². The van der Waals surface area contributed by atoms with Gasteiger partial charge in [0.05, 0.1) is 11.6 Å². The van der Waals surface area contributed by atoms with Gasteiger partial charge in [-0.1, -0.05) is 0 Å². The molecular formula is C8H12N2O. The first-order valence-electron chi connectivity index (χ1n) is 3.92. The summed E-state index contributed by atoms with van der Waals surface area (Å²) >= 11 is 0. The molecule has 0 aromatic carbocycles. The van der Waals surface area contributed by atoms with Gasteiger partial charge in [0.15, 0.2) is 5.89 Å². The van der Waals surface area contributed by atoms with Gasteiger partial charge in [-0.15, -0.1) is 0 Å². The van der Waals surface area contributed by atoms with Crippen molar-refractivity contribution >= 4 is 0 Å². The molecule has 60 valence electrons. The van der Waals surface area contributed by atoms with Crippen LogP contribution in [0.4, 0.5) is 0 Å². The molecule has 0 bridgehead atoms. The molecule has 2 rings (SSSR count). The topological polar surface area (TPSA) is 38.1 Å². The Bertz CT molecular complexity index is 244. The molecule has 3 nitrogen and oxygen atoms in total. The number of aromatic nitrogens is 1. The van der Waals surface area contributed by atoms with E-state index in [-0.39, 0.29) is 0 Å². The van der Waals surface area contributed by atoms with Gasteiger partial charge >= 0.3 is 0 Å². The average Bonchev–Trinajstić information content (AvgIpc) is 2.08. The van der Waals surface area contributed by atoms with Crippen molar-refractivity contribution in [1.29, 1.82) is 0 Å². The van der Waals surface area contributed by atoms with Gasteiger partial charge in [-0.3, -0.25) is 0 Å². The summed E-state index contributed by atoms with van der Waals surface area (Å²) in [5.41, 5.74) is 1.02. The van der Waals surface area contributed by atoms with Crippen LogP contribution in [0.25, 0.3) is 0 Å². The minimum Gasteiger partial charge on any atom is -0.445 e. The molecule has 2 heterocycles. The van der Waals surface area contributed by atoms with Crippen molar-refractivity contribution in [3.05, 3.63) is 17.3 Å². The number of rotatable bonds is 1. The molecule has 0 atom stereocenters. The van der Waals surface area contributed by atoms with Crippen molar-refractivity contribution in [2.45, 2.75) is 19.8 Å². The Balaban J connectivity index is 2.24. The Morgan fingerprint density at radius 2 is 2.18 bits per heavy atom. The quantitative estimate of drug-likeness (QED) is 0.651. The largest absolute Gasteiger partial charge is 0.445 e. The number of hydrogen-bond acceptors (Lipinski definition) is 3. The molecule has 1 fully saturated rings. The summed E-state index contributed by atoms with van der Waals surface area (Å²) in [6, 6.07) is 0. The van der Waals surface area contributed by atoms with Crippen molar-refractivity contribution in [2.75, 3.05) is 13.1 Å². The molecule has 11 heavy (non-hydrogen) atoms. The summed E-state index contributed by atoms with van der Waals surface area (Å²) < 4.78 is 5.47. The third-order valence-electron chi connectivity index (χ3n) is 2.18. The maximum atomic E-state index is 5.47. The molecule has 1 aromatic rings. The molecule has 0 spiro atoms. The molecule has 3 heteroatoms. The molecule has 1 N–H and O–H groups in total. The first-order valence-corrected chi connectivity index (χ1v) is 3.92. The molecular weight excluding hydrogens is 140 g/mol. The second-order valence-electron chi connectivity index (χ2n) is 3.05. The fourth-order valence-electron chi connectivity index (χ4n) is 1.14. The van der Waals surface area contributed by atoms with E-state index >= 15 is 0 Å². The zero-order valence-corrected chi connectivity index (χ0v) is 6.85. The van der Waals surface area contributed by atoms with E-state index in [1.807, 2.05) is 13.8 Å². The monoisotopic (exact) mass is 152 g/mol. The number of nitrogens with zero attached hydrogens (tertiary/aromatic N) is 1. The van der Waals surface area contributed by atoms with Crippen LogP contribution in [-0.4, -0.2) is 18.1 Å². The first-order chi connectivity index (χ1) is 5.27. The number of aryl methyl sites for hydroxylation is 2. The second-order valence-corrected chi connectivity index (χ2v) is 3.05. The number of oxazole rings is 1. The van der Waals surface area contributed by atoms with Crippen LogP contribution in [0.15, 0.2) is 4.42 Å². The molecule has 1 aliphatic rings. The number of nitrogens with one attached hydrogen (secondary N) is 1. The van der Waals surface area contributed by atoms with Gasteiger partial charge in [-0.2, -0.15) is 0 Å². The lowest BCUT2D eigenvalue weighted by atomic mass is 10.0. The van der Waals surface area contributed by atoms with Gasteiger partial charge in [0, 0.05) is 13.1 Å². The van der Waals surface area contributed by atoms with Gasteiger partial charge in [0.25, 0.3) is 0 Å². The first kappa shape index (κ1) is 6.85. The summed E-state index contributed by atoms with van der Waals surface area (Å²) in [4.78, 5) is 4.33. The second kappa shape index (κ2) is 2.34. The van der Waals surface area contributed by atoms with Crippen LogP contribution in [0.3, 0.4) is 0 Å². The van der Waals surface area contributed by atoms with E-state index < -0.39 is 0 Å². The predicted molar refractivity (Wildman–Crippen MR) is 41.6 cm³/mol. The highest BCUT2D eigenvalue weighted by molar-refractivity contribution is 5.10.